The van der Waals surface area contributed by atoms with Gasteiger partial charge in [-0.1, -0.05) is 36.9 Å². The SMILES string of the molecule is C=CCOc1ccc(-c2ccc(C(=O)NN)cc2)cc1. The number of nitrogens with two attached hydrogens (primary N) is 1. The van der Waals surface area contributed by atoms with E-state index in [0.717, 1.165) is 16.9 Å². The Morgan fingerprint density at radius 2 is 1.65 bits per heavy atom. The Morgan fingerprint density at radius 3 is 2.15 bits per heavy atom. The molecule has 102 valence electrons. The van der Waals surface area contributed by atoms with Crippen LogP contribution in [0.15, 0.2) is 61.2 Å². The van der Waals surface area contributed by atoms with Gasteiger partial charge in [-0.3, -0.25) is 10.2 Å². The molecule has 0 radical (unpaired) electrons. The summed E-state index contributed by atoms with van der Waals surface area (Å²) < 4.78 is 5.43. The lowest BCUT2D eigenvalue weighted by molar-refractivity contribution is 0.0953. The van der Waals surface area contributed by atoms with Gasteiger partial charge in [0.05, 0.1) is 0 Å². The summed E-state index contributed by atoms with van der Waals surface area (Å²) in [5.41, 5.74) is 4.71. The second-order valence-corrected chi connectivity index (χ2v) is 4.17. The van der Waals surface area contributed by atoms with Crippen molar-refractivity contribution < 1.29 is 9.53 Å². The molecule has 0 bridgehead atoms. The molecule has 2 rings (SSSR count). The Balaban J connectivity index is 2.15. The Kier molecular flexibility index (Phi) is 4.52. The summed E-state index contributed by atoms with van der Waals surface area (Å²) in [6.07, 6.45) is 1.70. The topological polar surface area (TPSA) is 64.3 Å². The molecule has 0 atom stereocenters. The minimum absolute atomic E-state index is 0.301. The highest BCUT2D eigenvalue weighted by molar-refractivity contribution is 5.94. The summed E-state index contributed by atoms with van der Waals surface area (Å²) in [6.45, 7) is 4.09. The zero-order valence-electron chi connectivity index (χ0n) is 11.0. The number of carbonyl (C=O) groups excluding carboxylic acids is 1. The quantitative estimate of drug-likeness (QED) is 0.379. The van der Waals surface area contributed by atoms with Crippen LogP contribution in [0.1, 0.15) is 10.4 Å². The highest BCUT2D eigenvalue weighted by Gasteiger charge is 2.04. The third kappa shape index (κ3) is 3.24. The fourth-order valence-corrected chi connectivity index (χ4v) is 1.80. The molecular weight excluding hydrogens is 252 g/mol. The van der Waals surface area contributed by atoms with Crippen LogP contribution in [0.5, 0.6) is 5.75 Å². The first-order valence-electron chi connectivity index (χ1n) is 6.19. The van der Waals surface area contributed by atoms with E-state index in [4.69, 9.17) is 10.6 Å². The van der Waals surface area contributed by atoms with E-state index >= 15 is 0 Å². The molecular formula is C16H16N2O2. The average Bonchev–Trinajstić information content (AvgIpc) is 2.53. The van der Waals surface area contributed by atoms with Crippen molar-refractivity contribution in [2.24, 2.45) is 5.84 Å². The zero-order chi connectivity index (χ0) is 14.4. The number of nitrogens with one attached hydrogen (secondary N) is 1. The third-order valence-corrected chi connectivity index (χ3v) is 2.83. The van der Waals surface area contributed by atoms with Crippen LogP contribution in [-0.2, 0) is 0 Å². The normalized spacial score (nSPS) is 9.85. The van der Waals surface area contributed by atoms with Crippen LogP contribution in [0.2, 0.25) is 0 Å². The highest BCUT2D eigenvalue weighted by Crippen LogP contribution is 2.22. The van der Waals surface area contributed by atoms with Crippen LogP contribution in [0.4, 0.5) is 0 Å². The number of nitrogen functional groups attached to an aromatic ring is 1. The van der Waals surface area contributed by atoms with Crippen molar-refractivity contribution >= 4 is 5.91 Å². The van der Waals surface area contributed by atoms with Gasteiger partial charge in [0, 0.05) is 5.56 Å². The maximum atomic E-state index is 11.3. The fourth-order valence-electron chi connectivity index (χ4n) is 1.80. The first-order chi connectivity index (χ1) is 9.74. The van der Waals surface area contributed by atoms with Crippen LogP contribution in [0.25, 0.3) is 11.1 Å². The summed E-state index contributed by atoms with van der Waals surface area (Å²) in [5, 5.41) is 0. The summed E-state index contributed by atoms with van der Waals surface area (Å²) in [4.78, 5) is 11.3. The molecule has 0 saturated heterocycles. The summed E-state index contributed by atoms with van der Waals surface area (Å²) in [5.74, 6) is 5.59. The van der Waals surface area contributed by atoms with Crippen LogP contribution in [-0.4, -0.2) is 12.5 Å². The molecule has 0 aliphatic heterocycles. The second-order valence-electron chi connectivity index (χ2n) is 4.17. The molecule has 1 amide bonds. The Bertz CT molecular complexity index is 589. The molecule has 20 heavy (non-hydrogen) atoms. The van der Waals surface area contributed by atoms with Crippen molar-refractivity contribution in [1.29, 1.82) is 0 Å². The van der Waals surface area contributed by atoms with Gasteiger partial charge >= 0.3 is 0 Å². The van der Waals surface area contributed by atoms with E-state index in [9.17, 15) is 4.79 Å². The molecule has 3 N–H and O–H groups in total. The minimum atomic E-state index is -0.301. The molecule has 4 nitrogen and oxygen atoms in total. The Hall–Kier alpha value is -2.59. The molecule has 0 fully saturated rings. The number of ether oxygens (including phenoxy) is 1. The van der Waals surface area contributed by atoms with Gasteiger partial charge in [-0.15, -0.1) is 0 Å². The molecule has 4 heteroatoms. The van der Waals surface area contributed by atoms with Crippen LogP contribution in [0.3, 0.4) is 0 Å². The van der Waals surface area contributed by atoms with Crippen molar-refractivity contribution in [2.45, 2.75) is 0 Å². The molecule has 0 heterocycles. The number of hydrazine groups is 1. The predicted octanol–water partition coefficient (Wildman–Crippen LogP) is 2.52. The van der Waals surface area contributed by atoms with E-state index in [-0.39, 0.29) is 5.91 Å². The molecule has 2 aromatic carbocycles. The lowest BCUT2D eigenvalue weighted by Crippen LogP contribution is -2.29. The minimum Gasteiger partial charge on any atom is -0.490 e. The molecule has 0 aliphatic rings. The third-order valence-electron chi connectivity index (χ3n) is 2.83. The summed E-state index contributed by atoms with van der Waals surface area (Å²) >= 11 is 0. The van der Waals surface area contributed by atoms with Crippen LogP contribution < -0.4 is 16.0 Å². The second kappa shape index (κ2) is 6.54. The van der Waals surface area contributed by atoms with E-state index in [1.165, 1.54) is 0 Å². The van der Waals surface area contributed by atoms with Gasteiger partial charge in [-0.05, 0) is 35.4 Å². The number of rotatable bonds is 5. The maximum absolute atomic E-state index is 11.3. The van der Waals surface area contributed by atoms with E-state index in [1.807, 2.05) is 36.4 Å². The number of benzene rings is 2. The number of carbonyl (C=O) groups is 1. The number of hydrogen-bond donors (Lipinski definition) is 2. The number of hydrogen-bond acceptors (Lipinski definition) is 3. The molecule has 0 spiro atoms. The van der Waals surface area contributed by atoms with Crippen molar-refractivity contribution in [3.8, 4) is 16.9 Å². The van der Waals surface area contributed by atoms with Gasteiger partial charge in [0.2, 0.25) is 0 Å². The molecule has 0 saturated carbocycles. The molecule has 0 aliphatic carbocycles. The highest BCUT2D eigenvalue weighted by atomic mass is 16.5. The predicted molar refractivity (Wildman–Crippen MR) is 79.2 cm³/mol. The molecule has 0 unspecified atom stereocenters. The van der Waals surface area contributed by atoms with Gasteiger partial charge in [-0.25, -0.2) is 5.84 Å². The van der Waals surface area contributed by atoms with Crippen molar-refractivity contribution in [3.63, 3.8) is 0 Å². The lowest BCUT2D eigenvalue weighted by Gasteiger charge is -2.06. The smallest absolute Gasteiger partial charge is 0.265 e. The van der Waals surface area contributed by atoms with Gasteiger partial charge in [0.25, 0.3) is 5.91 Å². The molecule has 0 aromatic heterocycles. The molecule has 2 aromatic rings. The first-order valence-corrected chi connectivity index (χ1v) is 6.19. The Labute approximate surface area is 117 Å². The Morgan fingerprint density at radius 1 is 1.10 bits per heavy atom. The van der Waals surface area contributed by atoms with Crippen molar-refractivity contribution in [1.82, 2.24) is 5.43 Å². The van der Waals surface area contributed by atoms with E-state index in [2.05, 4.69) is 12.0 Å². The average molecular weight is 268 g/mol. The lowest BCUT2D eigenvalue weighted by atomic mass is 10.0. The van der Waals surface area contributed by atoms with Crippen LogP contribution >= 0.6 is 0 Å². The first kappa shape index (κ1) is 13.8. The van der Waals surface area contributed by atoms with Gasteiger partial charge in [-0.2, -0.15) is 0 Å². The van der Waals surface area contributed by atoms with Crippen molar-refractivity contribution in [2.75, 3.05) is 6.61 Å². The van der Waals surface area contributed by atoms with E-state index in [0.29, 0.717) is 12.2 Å². The fraction of sp³-hybridized carbons (Fsp3) is 0.0625. The van der Waals surface area contributed by atoms with E-state index < -0.39 is 0 Å². The van der Waals surface area contributed by atoms with E-state index in [1.54, 1.807) is 18.2 Å². The zero-order valence-corrected chi connectivity index (χ0v) is 11.0. The standard InChI is InChI=1S/C16H16N2O2/c1-2-11-20-15-9-7-13(8-10-15)12-3-5-14(6-4-12)16(19)18-17/h2-10H,1,11,17H2,(H,18,19). The van der Waals surface area contributed by atoms with Gasteiger partial charge in [0.1, 0.15) is 12.4 Å². The summed E-state index contributed by atoms with van der Waals surface area (Å²) in [6, 6.07) is 15.0. The van der Waals surface area contributed by atoms with Gasteiger partial charge < -0.3 is 4.74 Å². The monoisotopic (exact) mass is 268 g/mol. The summed E-state index contributed by atoms with van der Waals surface area (Å²) in [7, 11) is 0. The van der Waals surface area contributed by atoms with Crippen LogP contribution in [0, 0.1) is 0 Å². The number of amides is 1. The largest absolute Gasteiger partial charge is 0.490 e. The van der Waals surface area contributed by atoms with Crippen molar-refractivity contribution in [3.05, 3.63) is 66.7 Å². The maximum Gasteiger partial charge on any atom is 0.265 e. The van der Waals surface area contributed by atoms with Gasteiger partial charge in [0.15, 0.2) is 0 Å².